The van der Waals surface area contributed by atoms with Crippen molar-refractivity contribution in [3.63, 3.8) is 0 Å². The van der Waals surface area contributed by atoms with Gasteiger partial charge in [0, 0.05) is 31.1 Å². The fourth-order valence-electron chi connectivity index (χ4n) is 6.25. The fraction of sp³-hybridized carbons (Fsp3) is 0.400. The molecule has 7 nitrogen and oxygen atoms in total. The molecule has 3 heterocycles. The van der Waals surface area contributed by atoms with Crippen LogP contribution in [0.3, 0.4) is 0 Å². The molecule has 2 aliphatic rings. The number of hydrogen-bond donors (Lipinski definition) is 1. The first-order valence-corrected chi connectivity index (χ1v) is 13.2. The first-order chi connectivity index (χ1) is 18.1. The summed E-state index contributed by atoms with van der Waals surface area (Å²) >= 11 is 0. The van der Waals surface area contributed by atoms with Gasteiger partial charge in [-0.1, -0.05) is 13.3 Å². The average Bonchev–Trinajstić information content (AvgIpc) is 3.57. The molecule has 192 valence electrons. The van der Waals surface area contributed by atoms with Crippen molar-refractivity contribution in [2.24, 2.45) is 5.92 Å². The number of ether oxygens (including phenoxy) is 2. The Morgan fingerprint density at radius 1 is 1.14 bits per heavy atom. The standard InChI is InChI=1S/C30H34N4O3/c1-4-20-11-13-30(14-12-20)27-6-5-15-33(27)26-9-7-21(18-24(26)32-30)28-31-23-19-22(29(35)37-3)8-10-25(23)34(28)16-17-36-2/h5-10,15,18-20,32H,4,11-14,16-17H2,1-3H3. The van der Waals surface area contributed by atoms with Gasteiger partial charge in [0.1, 0.15) is 5.82 Å². The van der Waals surface area contributed by atoms with Crippen molar-refractivity contribution in [1.82, 2.24) is 14.1 Å². The van der Waals surface area contributed by atoms with E-state index in [0.717, 1.165) is 46.9 Å². The van der Waals surface area contributed by atoms with Crippen LogP contribution >= 0.6 is 0 Å². The lowest BCUT2D eigenvalue weighted by molar-refractivity contribution is 0.0601. The highest BCUT2D eigenvalue weighted by Gasteiger charge is 2.41. The highest BCUT2D eigenvalue weighted by molar-refractivity contribution is 5.94. The third-order valence-electron chi connectivity index (χ3n) is 8.35. The number of aromatic nitrogens is 3. The first-order valence-electron chi connectivity index (χ1n) is 13.2. The summed E-state index contributed by atoms with van der Waals surface area (Å²) in [5.41, 5.74) is 6.89. The van der Waals surface area contributed by atoms with Crippen LogP contribution in [-0.4, -0.2) is 40.9 Å². The van der Waals surface area contributed by atoms with Gasteiger partial charge in [-0.25, -0.2) is 9.78 Å². The predicted octanol–water partition coefficient (Wildman–Crippen LogP) is 6.15. The van der Waals surface area contributed by atoms with Crippen molar-refractivity contribution in [3.05, 3.63) is 66.0 Å². The van der Waals surface area contributed by atoms with E-state index in [4.69, 9.17) is 14.5 Å². The van der Waals surface area contributed by atoms with Crippen LogP contribution in [0.4, 0.5) is 5.69 Å². The SMILES string of the molecule is CCC1CCC2(CC1)Nc1cc(-c3nc4cc(C(=O)OC)ccc4n3CCOC)ccc1-n1cccc12. The first kappa shape index (κ1) is 23.8. The topological polar surface area (TPSA) is 70.3 Å². The molecular formula is C30H34N4O3. The van der Waals surface area contributed by atoms with Crippen LogP contribution in [0.5, 0.6) is 0 Å². The number of nitrogens with one attached hydrogen (secondary N) is 1. The van der Waals surface area contributed by atoms with Crippen molar-refractivity contribution >= 4 is 22.7 Å². The van der Waals surface area contributed by atoms with Crippen molar-refractivity contribution < 1.29 is 14.3 Å². The number of anilines is 1. The van der Waals surface area contributed by atoms with E-state index >= 15 is 0 Å². The smallest absolute Gasteiger partial charge is 0.337 e. The molecular weight excluding hydrogens is 464 g/mol. The van der Waals surface area contributed by atoms with Crippen LogP contribution in [0.2, 0.25) is 0 Å². The number of imidazole rings is 1. The zero-order valence-electron chi connectivity index (χ0n) is 21.8. The van der Waals surface area contributed by atoms with Gasteiger partial charge in [-0.3, -0.25) is 0 Å². The van der Waals surface area contributed by atoms with E-state index in [1.165, 1.54) is 37.8 Å². The number of hydrogen-bond acceptors (Lipinski definition) is 5. The van der Waals surface area contributed by atoms with Crippen molar-refractivity contribution in [1.29, 1.82) is 0 Å². The zero-order chi connectivity index (χ0) is 25.6. The van der Waals surface area contributed by atoms with Crippen LogP contribution in [0.25, 0.3) is 28.1 Å². The number of benzene rings is 2. The van der Waals surface area contributed by atoms with Crippen LogP contribution in [-0.2, 0) is 21.6 Å². The molecule has 1 aliphatic carbocycles. The van der Waals surface area contributed by atoms with Crippen molar-refractivity contribution in [2.45, 2.75) is 51.1 Å². The number of fused-ring (bicyclic) bond motifs is 5. The summed E-state index contributed by atoms with van der Waals surface area (Å²) < 4.78 is 14.9. The number of rotatable bonds is 6. The summed E-state index contributed by atoms with van der Waals surface area (Å²) in [5.74, 6) is 1.32. The second-order valence-corrected chi connectivity index (χ2v) is 10.3. The highest BCUT2D eigenvalue weighted by atomic mass is 16.5. The molecule has 0 radical (unpaired) electrons. The molecule has 4 aromatic rings. The minimum absolute atomic E-state index is 0.0353. The Labute approximate surface area is 217 Å². The highest BCUT2D eigenvalue weighted by Crippen LogP contribution is 2.48. The zero-order valence-corrected chi connectivity index (χ0v) is 21.8. The Bertz CT molecular complexity index is 1460. The van der Waals surface area contributed by atoms with E-state index in [-0.39, 0.29) is 11.5 Å². The van der Waals surface area contributed by atoms with Crippen molar-refractivity contribution in [2.75, 3.05) is 26.1 Å². The van der Waals surface area contributed by atoms with E-state index in [1.807, 2.05) is 6.07 Å². The summed E-state index contributed by atoms with van der Waals surface area (Å²) in [6.45, 7) is 3.54. The van der Waals surface area contributed by atoms with E-state index < -0.39 is 0 Å². The Balaban J connectivity index is 1.44. The van der Waals surface area contributed by atoms with Gasteiger partial charge in [-0.05, 0) is 80.1 Å². The number of methoxy groups -OCH3 is 2. The summed E-state index contributed by atoms with van der Waals surface area (Å²) in [7, 11) is 3.10. The second kappa shape index (κ2) is 9.38. The molecule has 2 aromatic heterocycles. The maximum Gasteiger partial charge on any atom is 0.337 e. The van der Waals surface area contributed by atoms with Gasteiger partial charge in [0.25, 0.3) is 0 Å². The molecule has 2 aromatic carbocycles. The summed E-state index contributed by atoms with van der Waals surface area (Å²) in [5, 5.41) is 3.99. The molecule has 0 bridgehead atoms. The van der Waals surface area contributed by atoms with Gasteiger partial charge in [-0.15, -0.1) is 0 Å². The Hall–Kier alpha value is -3.58. The fourth-order valence-corrected chi connectivity index (χ4v) is 6.25. The second-order valence-electron chi connectivity index (χ2n) is 10.3. The van der Waals surface area contributed by atoms with Gasteiger partial charge in [0.15, 0.2) is 0 Å². The molecule has 1 spiro atoms. The van der Waals surface area contributed by atoms with Crippen LogP contribution in [0.15, 0.2) is 54.7 Å². The quantitative estimate of drug-likeness (QED) is 0.323. The molecule has 0 amide bonds. The third-order valence-corrected chi connectivity index (χ3v) is 8.35. The largest absolute Gasteiger partial charge is 0.465 e. The maximum atomic E-state index is 12.1. The van der Waals surface area contributed by atoms with E-state index in [1.54, 1.807) is 19.2 Å². The molecule has 0 saturated heterocycles. The molecule has 1 saturated carbocycles. The molecule has 7 heteroatoms. The molecule has 1 aliphatic heterocycles. The van der Waals surface area contributed by atoms with Crippen LogP contribution in [0.1, 0.15) is 55.1 Å². The summed E-state index contributed by atoms with van der Waals surface area (Å²) in [6.07, 6.45) is 8.22. The average molecular weight is 499 g/mol. The number of nitrogens with zero attached hydrogens (tertiary/aromatic N) is 3. The normalized spacial score (nSPS) is 20.5. The minimum atomic E-state index is -0.363. The molecule has 1 N–H and O–H groups in total. The molecule has 0 atom stereocenters. The Kier molecular flexibility index (Phi) is 6.03. The molecule has 37 heavy (non-hydrogen) atoms. The monoisotopic (exact) mass is 498 g/mol. The van der Waals surface area contributed by atoms with Gasteiger partial charge < -0.3 is 23.9 Å². The summed E-state index contributed by atoms with van der Waals surface area (Å²) in [4.78, 5) is 17.1. The molecule has 0 unspecified atom stereocenters. The van der Waals surface area contributed by atoms with Gasteiger partial charge >= 0.3 is 5.97 Å². The predicted molar refractivity (Wildman–Crippen MR) is 145 cm³/mol. The van der Waals surface area contributed by atoms with E-state index in [9.17, 15) is 4.79 Å². The minimum Gasteiger partial charge on any atom is -0.465 e. The van der Waals surface area contributed by atoms with E-state index in [2.05, 4.69) is 57.9 Å². The molecule has 6 rings (SSSR count). The number of esters is 1. The molecule has 1 fully saturated rings. The Morgan fingerprint density at radius 3 is 2.73 bits per heavy atom. The van der Waals surface area contributed by atoms with E-state index in [0.29, 0.717) is 18.7 Å². The lowest BCUT2D eigenvalue weighted by atomic mass is 9.73. The maximum absolute atomic E-state index is 12.1. The third kappa shape index (κ3) is 3.93. The number of carbonyl (C=O) groups is 1. The summed E-state index contributed by atoms with van der Waals surface area (Å²) in [6, 6.07) is 16.5. The van der Waals surface area contributed by atoms with Gasteiger partial charge in [-0.2, -0.15) is 0 Å². The lowest BCUT2D eigenvalue weighted by Crippen LogP contribution is -2.43. The van der Waals surface area contributed by atoms with Crippen LogP contribution < -0.4 is 5.32 Å². The lowest BCUT2D eigenvalue weighted by Gasteiger charge is -2.45. The van der Waals surface area contributed by atoms with Gasteiger partial charge in [0.2, 0.25) is 0 Å². The van der Waals surface area contributed by atoms with Crippen LogP contribution in [0, 0.1) is 5.92 Å². The van der Waals surface area contributed by atoms with Gasteiger partial charge in [0.05, 0.1) is 47.2 Å². The van der Waals surface area contributed by atoms with Crippen molar-refractivity contribution in [3.8, 4) is 17.1 Å². The Morgan fingerprint density at radius 2 is 1.97 bits per heavy atom. The number of carbonyl (C=O) groups excluding carboxylic acids is 1.